The summed E-state index contributed by atoms with van der Waals surface area (Å²) in [6.07, 6.45) is 0. The van der Waals surface area contributed by atoms with Gasteiger partial charge in [0.15, 0.2) is 0 Å². The molecule has 0 fully saturated rings. The highest BCUT2D eigenvalue weighted by molar-refractivity contribution is 9.10. The van der Waals surface area contributed by atoms with E-state index in [1.54, 1.807) is 42.5 Å². The normalized spacial score (nSPS) is 16.0. The molecule has 7 heteroatoms. The molecule has 0 saturated carbocycles. The molecule has 4 nitrogen and oxygen atoms in total. The predicted molar refractivity (Wildman–Crippen MR) is 114 cm³/mol. The molecule has 146 valence electrons. The van der Waals surface area contributed by atoms with Gasteiger partial charge in [0.25, 0.3) is 5.91 Å². The molecule has 0 saturated heterocycles. The van der Waals surface area contributed by atoms with Crippen molar-refractivity contribution in [3.63, 3.8) is 0 Å². The molecule has 0 aliphatic carbocycles. The molecule has 0 radical (unpaired) electrons. The van der Waals surface area contributed by atoms with E-state index in [0.717, 1.165) is 10.0 Å². The Morgan fingerprint density at radius 1 is 1.10 bits per heavy atom. The molecule has 3 aromatic rings. The number of carbonyl (C=O) groups is 2. The van der Waals surface area contributed by atoms with E-state index < -0.39 is 6.04 Å². The van der Waals surface area contributed by atoms with E-state index in [0.29, 0.717) is 21.8 Å². The zero-order valence-electron chi connectivity index (χ0n) is 15.0. The quantitative estimate of drug-likeness (QED) is 0.540. The van der Waals surface area contributed by atoms with Gasteiger partial charge >= 0.3 is 0 Å². The second-order valence-electron chi connectivity index (χ2n) is 6.68. The Labute approximate surface area is 180 Å². The van der Waals surface area contributed by atoms with E-state index in [2.05, 4.69) is 21.2 Å². The van der Waals surface area contributed by atoms with Crippen LogP contribution in [-0.2, 0) is 4.79 Å². The van der Waals surface area contributed by atoms with Crippen LogP contribution >= 0.6 is 27.5 Å². The first kappa shape index (κ1) is 19.6. The van der Waals surface area contributed by atoms with Gasteiger partial charge in [0.1, 0.15) is 12.4 Å². The van der Waals surface area contributed by atoms with Gasteiger partial charge in [-0.2, -0.15) is 0 Å². The Balaban J connectivity index is 1.90. The highest BCUT2D eigenvalue weighted by Gasteiger charge is 2.34. The lowest BCUT2D eigenvalue weighted by Gasteiger charge is -2.31. The van der Waals surface area contributed by atoms with E-state index in [4.69, 9.17) is 11.6 Å². The highest BCUT2D eigenvalue weighted by atomic mass is 79.9. The molecule has 0 bridgehead atoms. The lowest BCUT2D eigenvalue weighted by molar-refractivity contribution is -0.117. The molecule has 0 spiro atoms. The average Bonchev–Trinajstić information content (AvgIpc) is 2.84. The smallest absolute Gasteiger partial charge is 0.255 e. The van der Waals surface area contributed by atoms with E-state index in [1.165, 1.54) is 17.0 Å². The summed E-state index contributed by atoms with van der Waals surface area (Å²) in [5.41, 5.74) is 2.40. The number of rotatable bonds is 2. The highest BCUT2D eigenvalue weighted by Crippen LogP contribution is 2.38. The fourth-order valence-corrected chi connectivity index (χ4v) is 4.03. The van der Waals surface area contributed by atoms with Crippen molar-refractivity contribution in [3.05, 3.63) is 98.7 Å². The minimum absolute atomic E-state index is 0.153. The number of benzene rings is 3. The first-order valence-electron chi connectivity index (χ1n) is 8.83. The molecule has 2 amide bonds. The maximum atomic E-state index is 13.6. The minimum atomic E-state index is -0.589. The standard InChI is InChI=1S/C22H15BrClFN2O2/c23-15-6-9-19-18(11-15)21(13-4-7-17(25)8-5-13)27(12-20(28)26-19)22(29)14-2-1-3-16(24)10-14/h1-11,21H,12H2,(H,26,28)/t21-/m0/s1. The fourth-order valence-electron chi connectivity index (χ4n) is 3.46. The second kappa shape index (κ2) is 7.97. The van der Waals surface area contributed by atoms with Gasteiger partial charge in [0.05, 0.1) is 6.04 Å². The molecule has 1 atom stereocenters. The monoisotopic (exact) mass is 472 g/mol. The summed E-state index contributed by atoms with van der Waals surface area (Å²) in [5, 5.41) is 3.28. The van der Waals surface area contributed by atoms with Crippen LogP contribution in [-0.4, -0.2) is 23.3 Å². The van der Waals surface area contributed by atoms with Crippen LogP contribution in [0.25, 0.3) is 0 Å². The van der Waals surface area contributed by atoms with Crippen molar-refractivity contribution in [1.29, 1.82) is 0 Å². The zero-order chi connectivity index (χ0) is 20.5. The molecule has 29 heavy (non-hydrogen) atoms. The minimum Gasteiger partial charge on any atom is -0.324 e. The Hall–Kier alpha value is -2.70. The molecule has 3 aromatic carbocycles. The summed E-state index contributed by atoms with van der Waals surface area (Å²) in [6, 6.07) is 17.4. The number of hydrogen-bond donors (Lipinski definition) is 1. The van der Waals surface area contributed by atoms with Crippen LogP contribution in [0.1, 0.15) is 27.5 Å². The van der Waals surface area contributed by atoms with E-state index in [9.17, 15) is 14.0 Å². The number of carbonyl (C=O) groups excluding carboxylic acids is 2. The lowest BCUT2D eigenvalue weighted by atomic mass is 9.95. The molecule has 1 heterocycles. The third-order valence-electron chi connectivity index (χ3n) is 4.73. The van der Waals surface area contributed by atoms with E-state index in [-0.39, 0.29) is 24.2 Å². The first-order chi connectivity index (χ1) is 13.9. The lowest BCUT2D eigenvalue weighted by Crippen LogP contribution is -2.39. The third-order valence-corrected chi connectivity index (χ3v) is 5.45. The fraction of sp³-hybridized carbons (Fsp3) is 0.0909. The van der Waals surface area contributed by atoms with Gasteiger partial charge in [-0.15, -0.1) is 0 Å². The van der Waals surface area contributed by atoms with Crippen molar-refractivity contribution in [1.82, 2.24) is 4.90 Å². The number of halogens is 3. The van der Waals surface area contributed by atoms with Gasteiger partial charge in [-0.25, -0.2) is 4.39 Å². The summed E-state index contributed by atoms with van der Waals surface area (Å²) >= 11 is 9.52. The van der Waals surface area contributed by atoms with Gasteiger partial charge in [0, 0.05) is 26.3 Å². The van der Waals surface area contributed by atoms with E-state index >= 15 is 0 Å². The van der Waals surface area contributed by atoms with E-state index in [1.807, 2.05) is 12.1 Å². The van der Waals surface area contributed by atoms with Gasteiger partial charge in [0.2, 0.25) is 5.91 Å². The average molecular weight is 474 g/mol. The Morgan fingerprint density at radius 3 is 2.59 bits per heavy atom. The summed E-state index contributed by atoms with van der Waals surface area (Å²) in [6.45, 7) is -0.153. The largest absolute Gasteiger partial charge is 0.324 e. The van der Waals surface area contributed by atoms with Crippen LogP contribution in [0.5, 0.6) is 0 Å². The summed E-state index contributed by atoms with van der Waals surface area (Å²) in [5.74, 6) is -1.03. The number of fused-ring (bicyclic) bond motifs is 1. The van der Waals surface area contributed by atoms with Crippen molar-refractivity contribution < 1.29 is 14.0 Å². The van der Waals surface area contributed by atoms with Gasteiger partial charge in [-0.3, -0.25) is 9.59 Å². The van der Waals surface area contributed by atoms with Gasteiger partial charge < -0.3 is 10.2 Å². The van der Waals surface area contributed by atoms with Gasteiger partial charge in [-0.05, 0) is 54.1 Å². The molecular weight excluding hydrogens is 459 g/mol. The summed E-state index contributed by atoms with van der Waals surface area (Å²) < 4.78 is 14.4. The second-order valence-corrected chi connectivity index (χ2v) is 8.03. The number of amides is 2. The van der Waals surface area contributed by atoms with Crippen LogP contribution in [0.2, 0.25) is 5.02 Å². The number of nitrogens with zero attached hydrogens (tertiary/aromatic N) is 1. The topological polar surface area (TPSA) is 49.4 Å². The SMILES string of the molecule is O=C1CN(C(=O)c2cccc(Cl)c2)[C@@H](c2ccc(F)cc2)c2cc(Br)ccc2N1. The number of anilines is 1. The Bertz CT molecular complexity index is 1100. The molecule has 0 unspecified atom stereocenters. The van der Waals surface area contributed by atoms with Crippen LogP contribution in [0.15, 0.2) is 71.2 Å². The van der Waals surface area contributed by atoms with Crippen LogP contribution in [0.4, 0.5) is 10.1 Å². The van der Waals surface area contributed by atoms with Crippen molar-refractivity contribution in [2.24, 2.45) is 0 Å². The van der Waals surface area contributed by atoms with Crippen LogP contribution < -0.4 is 5.32 Å². The van der Waals surface area contributed by atoms with Crippen molar-refractivity contribution in [3.8, 4) is 0 Å². The van der Waals surface area contributed by atoms with Crippen LogP contribution in [0.3, 0.4) is 0 Å². The third kappa shape index (κ3) is 4.04. The Morgan fingerprint density at radius 2 is 1.86 bits per heavy atom. The first-order valence-corrected chi connectivity index (χ1v) is 10.0. The molecule has 1 aliphatic heterocycles. The van der Waals surface area contributed by atoms with Crippen molar-refractivity contribution in [2.75, 3.05) is 11.9 Å². The number of nitrogens with one attached hydrogen (secondary N) is 1. The molecule has 4 rings (SSSR count). The molecule has 1 aliphatic rings. The predicted octanol–water partition coefficient (Wildman–Crippen LogP) is 5.43. The summed E-state index contributed by atoms with van der Waals surface area (Å²) in [4.78, 5) is 27.4. The molecule has 1 N–H and O–H groups in total. The zero-order valence-corrected chi connectivity index (χ0v) is 17.4. The maximum absolute atomic E-state index is 13.6. The number of hydrogen-bond acceptors (Lipinski definition) is 2. The summed E-state index contributed by atoms with van der Waals surface area (Å²) in [7, 11) is 0. The molecule has 0 aromatic heterocycles. The van der Waals surface area contributed by atoms with Gasteiger partial charge in [-0.1, -0.05) is 45.7 Å². The maximum Gasteiger partial charge on any atom is 0.255 e. The Kier molecular flexibility index (Phi) is 5.39. The van der Waals surface area contributed by atoms with Crippen molar-refractivity contribution in [2.45, 2.75) is 6.04 Å². The molecular formula is C22H15BrClFN2O2. The van der Waals surface area contributed by atoms with Crippen LogP contribution in [0, 0.1) is 5.82 Å². The van der Waals surface area contributed by atoms with Crippen molar-refractivity contribution >= 4 is 45.0 Å².